The van der Waals surface area contributed by atoms with Crippen molar-refractivity contribution >= 4 is 13.3 Å². The Labute approximate surface area is 120 Å². The number of rotatable bonds is 2. The van der Waals surface area contributed by atoms with Gasteiger partial charge in [-0.05, 0) is 41.2 Å². The number of fused-ring (bicyclic) bond motifs is 3. The molecule has 0 spiro atoms. The van der Waals surface area contributed by atoms with Gasteiger partial charge in [0, 0.05) is 5.56 Å². The SMILES string of the molecule is CCC(C)(C)c1ccc2c(c1)-c1ccccc1[PH](=O)O2. The smallest absolute Gasteiger partial charge is 0.266 e. The fraction of sp³-hybridized carbons (Fsp3) is 0.294. The van der Waals surface area contributed by atoms with E-state index >= 15 is 0 Å². The minimum absolute atomic E-state index is 0.132. The van der Waals surface area contributed by atoms with E-state index in [0.717, 1.165) is 28.6 Å². The highest BCUT2D eigenvalue weighted by Gasteiger charge is 2.25. The fourth-order valence-electron chi connectivity index (χ4n) is 2.51. The molecular weight excluding hydrogens is 267 g/mol. The van der Waals surface area contributed by atoms with Crippen molar-refractivity contribution in [3.8, 4) is 16.9 Å². The van der Waals surface area contributed by atoms with E-state index in [-0.39, 0.29) is 5.41 Å². The van der Waals surface area contributed by atoms with Crippen molar-refractivity contribution in [1.82, 2.24) is 0 Å². The molecule has 0 saturated heterocycles. The van der Waals surface area contributed by atoms with Crippen LogP contribution < -0.4 is 9.83 Å². The normalized spacial score (nSPS) is 17.1. The van der Waals surface area contributed by atoms with Crippen LogP contribution in [0.2, 0.25) is 0 Å². The lowest BCUT2D eigenvalue weighted by Crippen LogP contribution is -2.17. The molecule has 0 fully saturated rings. The van der Waals surface area contributed by atoms with Gasteiger partial charge >= 0.3 is 0 Å². The summed E-state index contributed by atoms with van der Waals surface area (Å²) in [4.78, 5) is 0. The van der Waals surface area contributed by atoms with Crippen LogP contribution in [-0.2, 0) is 9.98 Å². The van der Waals surface area contributed by atoms with Crippen molar-refractivity contribution in [3.63, 3.8) is 0 Å². The third kappa shape index (κ3) is 2.09. The second kappa shape index (κ2) is 4.79. The highest BCUT2D eigenvalue weighted by Crippen LogP contribution is 2.44. The fourth-order valence-corrected chi connectivity index (χ4v) is 3.66. The third-order valence-electron chi connectivity index (χ3n) is 4.28. The lowest BCUT2D eigenvalue weighted by molar-refractivity contribution is 0.501. The minimum atomic E-state index is -2.16. The molecule has 0 N–H and O–H groups in total. The van der Waals surface area contributed by atoms with Crippen molar-refractivity contribution in [2.75, 3.05) is 0 Å². The molecular formula is C17H19O2P. The Morgan fingerprint density at radius 3 is 2.60 bits per heavy atom. The summed E-state index contributed by atoms with van der Waals surface area (Å²) in [7, 11) is -2.16. The van der Waals surface area contributed by atoms with Crippen molar-refractivity contribution in [2.45, 2.75) is 32.6 Å². The molecule has 0 radical (unpaired) electrons. The first-order valence-corrected chi connectivity index (χ1v) is 8.30. The molecule has 1 aliphatic heterocycles. The van der Waals surface area contributed by atoms with E-state index in [4.69, 9.17) is 4.52 Å². The van der Waals surface area contributed by atoms with E-state index in [1.165, 1.54) is 5.56 Å². The lowest BCUT2D eigenvalue weighted by Gasteiger charge is -2.27. The molecule has 1 aliphatic rings. The zero-order chi connectivity index (χ0) is 14.3. The summed E-state index contributed by atoms with van der Waals surface area (Å²) in [6.45, 7) is 6.68. The van der Waals surface area contributed by atoms with E-state index in [0.29, 0.717) is 0 Å². The Morgan fingerprint density at radius 1 is 1.10 bits per heavy atom. The summed E-state index contributed by atoms with van der Waals surface area (Å²) in [6, 6.07) is 14.1. The predicted octanol–water partition coefficient (Wildman–Crippen LogP) is 4.53. The first-order chi connectivity index (χ1) is 9.53. The number of hydrogen-bond acceptors (Lipinski definition) is 2. The van der Waals surface area contributed by atoms with E-state index in [9.17, 15) is 4.57 Å². The van der Waals surface area contributed by atoms with Gasteiger partial charge in [-0.3, -0.25) is 4.57 Å². The Morgan fingerprint density at radius 2 is 1.85 bits per heavy atom. The molecule has 20 heavy (non-hydrogen) atoms. The van der Waals surface area contributed by atoms with Gasteiger partial charge in [-0.15, -0.1) is 0 Å². The molecule has 0 aromatic heterocycles. The van der Waals surface area contributed by atoms with Crippen LogP contribution in [0.15, 0.2) is 42.5 Å². The zero-order valence-corrected chi connectivity index (χ0v) is 13.1. The molecule has 0 saturated carbocycles. The monoisotopic (exact) mass is 286 g/mol. The van der Waals surface area contributed by atoms with Gasteiger partial charge < -0.3 is 4.52 Å². The van der Waals surface area contributed by atoms with E-state index in [2.05, 4.69) is 32.9 Å². The maximum absolute atomic E-state index is 12.1. The summed E-state index contributed by atoms with van der Waals surface area (Å²) in [5, 5.41) is 0.830. The molecule has 3 heteroatoms. The van der Waals surface area contributed by atoms with Crippen LogP contribution in [0.5, 0.6) is 5.75 Å². The highest BCUT2D eigenvalue weighted by molar-refractivity contribution is 7.49. The van der Waals surface area contributed by atoms with Gasteiger partial charge in [0.15, 0.2) is 0 Å². The first-order valence-electron chi connectivity index (χ1n) is 6.99. The van der Waals surface area contributed by atoms with Crippen molar-refractivity contribution in [1.29, 1.82) is 0 Å². The number of hydrogen-bond donors (Lipinski definition) is 0. The van der Waals surface area contributed by atoms with Crippen LogP contribution in [0.3, 0.4) is 0 Å². The van der Waals surface area contributed by atoms with E-state index in [1.807, 2.05) is 30.3 Å². The van der Waals surface area contributed by atoms with Crippen LogP contribution >= 0.6 is 8.03 Å². The maximum atomic E-state index is 12.1. The largest absolute Gasteiger partial charge is 0.441 e. The molecule has 2 aromatic rings. The van der Waals surface area contributed by atoms with Gasteiger partial charge in [-0.25, -0.2) is 0 Å². The molecule has 0 bridgehead atoms. The molecule has 2 aromatic carbocycles. The Balaban J connectivity index is 2.20. The van der Waals surface area contributed by atoms with Gasteiger partial charge in [0.2, 0.25) is 0 Å². The summed E-state index contributed by atoms with van der Waals surface area (Å²) in [5.74, 6) is 0.739. The molecule has 104 valence electrons. The second-order valence-electron chi connectivity index (χ2n) is 5.88. The van der Waals surface area contributed by atoms with Gasteiger partial charge in [0.05, 0.1) is 5.30 Å². The van der Waals surface area contributed by atoms with E-state index in [1.54, 1.807) is 0 Å². The Kier molecular flexibility index (Phi) is 3.22. The molecule has 0 aliphatic carbocycles. The first kappa shape index (κ1) is 13.5. The quantitative estimate of drug-likeness (QED) is 0.758. The molecule has 1 unspecified atom stereocenters. The van der Waals surface area contributed by atoms with Crippen LogP contribution in [0.25, 0.3) is 11.1 Å². The van der Waals surface area contributed by atoms with Gasteiger partial charge in [0.25, 0.3) is 8.03 Å². The standard InChI is InChI=1S/C17H19O2P/c1-4-17(2,3)12-9-10-15-14(11-12)13-7-5-6-8-16(13)20(18)19-15/h5-11,20H,4H2,1-3H3. The van der Waals surface area contributed by atoms with Gasteiger partial charge in [-0.1, -0.05) is 45.0 Å². The number of benzene rings is 2. The van der Waals surface area contributed by atoms with Crippen molar-refractivity contribution in [3.05, 3.63) is 48.0 Å². The summed E-state index contributed by atoms with van der Waals surface area (Å²) >= 11 is 0. The van der Waals surface area contributed by atoms with Crippen LogP contribution in [0.1, 0.15) is 32.8 Å². The molecule has 1 atom stereocenters. The molecule has 0 amide bonds. The minimum Gasteiger partial charge on any atom is -0.441 e. The van der Waals surface area contributed by atoms with Crippen LogP contribution in [0.4, 0.5) is 0 Å². The molecule has 3 rings (SSSR count). The Bertz CT molecular complexity index is 689. The lowest BCUT2D eigenvalue weighted by atomic mass is 9.81. The maximum Gasteiger partial charge on any atom is 0.266 e. The highest BCUT2D eigenvalue weighted by atomic mass is 31.1. The summed E-state index contributed by atoms with van der Waals surface area (Å²) in [5.41, 5.74) is 3.53. The van der Waals surface area contributed by atoms with Gasteiger partial charge in [-0.2, -0.15) is 0 Å². The predicted molar refractivity (Wildman–Crippen MR) is 84.5 cm³/mol. The van der Waals surface area contributed by atoms with E-state index < -0.39 is 8.03 Å². The molecule has 2 nitrogen and oxygen atoms in total. The zero-order valence-electron chi connectivity index (χ0n) is 12.1. The average Bonchev–Trinajstić information content (AvgIpc) is 2.47. The average molecular weight is 286 g/mol. The molecule has 1 heterocycles. The van der Waals surface area contributed by atoms with Crippen LogP contribution in [0, 0.1) is 0 Å². The third-order valence-corrected chi connectivity index (χ3v) is 5.57. The summed E-state index contributed by atoms with van der Waals surface area (Å²) in [6.07, 6.45) is 1.07. The van der Waals surface area contributed by atoms with Crippen LogP contribution in [-0.4, -0.2) is 0 Å². The van der Waals surface area contributed by atoms with Crippen molar-refractivity contribution in [2.24, 2.45) is 0 Å². The Hall–Kier alpha value is -1.53. The topological polar surface area (TPSA) is 26.3 Å². The second-order valence-corrected chi connectivity index (χ2v) is 7.20. The summed E-state index contributed by atoms with van der Waals surface area (Å²) < 4.78 is 17.8. The van der Waals surface area contributed by atoms with Gasteiger partial charge in [0.1, 0.15) is 5.75 Å². The van der Waals surface area contributed by atoms with Crippen molar-refractivity contribution < 1.29 is 9.09 Å².